The lowest BCUT2D eigenvalue weighted by Gasteiger charge is -2.03. The molecule has 0 atom stereocenters. The largest absolute Gasteiger partial charge is 0.368 e. The quantitative estimate of drug-likeness (QED) is 0.689. The first-order chi connectivity index (χ1) is 8.24. The van der Waals surface area contributed by atoms with E-state index < -0.39 is 0 Å². The summed E-state index contributed by atoms with van der Waals surface area (Å²) in [7, 11) is 0. The molecule has 0 aliphatic carbocycles. The third-order valence-corrected chi connectivity index (χ3v) is 2.64. The van der Waals surface area contributed by atoms with E-state index in [2.05, 4.69) is 19.9 Å². The van der Waals surface area contributed by atoms with Crippen LogP contribution in [0.15, 0.2) is 30.6 Å². The first kappa shape index (κ1) is 10.0. The fourth-order valence-electron chi connectivity index (χ4n) is 1.69. The molecule has 0 spiro atoms. The van der Waals surface area contributed by atoms with Crippen molar-refractivity contribution < 1.29 is 0 Å². The van der Waals surface area contributed by atoms with Crippen LogP contribution in [0.1, 0.15) is 0 Å². The van der Waals surface area contributed by atoms with Gasteiger partial charge in [-0.05, 0) is 12.1 Å². The van der Waals surface area contributed by atoms with Crippen LogP contribution < -0.4 is 5.73 Å². The standard InChI is InChI=1S/C11H8ClN5/c12-7-3-1-2-6(4-7)8-9-10(15-5-14-9)17-11(13)16-8/h1-5H,(H3,13,14,15,16,17). The van der Waals surface area contributed by atoms with E-state index in [-0.39, 0.29) is 5.95 Å². The maximum atomic E-state index is 5.96. The highest BCUT2D eigenvalue weighted by Gasteiger charge is 2.10. The van der Waals surface area contributed by atoms with Gasteiger partial charge in [-0.15, -0.1) is 0 Å². The molecule has 0 saturated heterocycles. The molecule has 5 nitrogen and oxygen atoms in total. The lowest BCUT2D eigenvalue weighted by Crippen LogP contribution is -1.97. The molecule has 0 radical (unpaired) electrons. The number of halogens is 1. The molecular formula is C11H8ClN5. The summed E-state index contributed by atoms with van der Waals surface area (Å²) in [5, 5.41) is 0.646. The van der Waals surface area contributed by atoms with E-state index in [1.54, 1.807) is 12.4 Å². The Labute approximate surface area is 102 Å². The highest BCUT2D eigenvalue weighted by molar-refractivity contribution is 6.30. The van der Waals surface area contributed by atoms with Gasteiger partial charge in [0.25, 0.3) is 0 Å². The van der Waals surface area contributed by atoms with Crippen molar-refractivity contribution in [2.24, 2.45) is 0 Å². The Morgan fingerprint density at radius 3 is 2.94 bits per heavy atom. The number of nitrogens with one attached hydrogen (secondary N) is 1. The minimum atomic E-state index is 0.194. The number of H-pyrrole nitrogens is 1. The molecule has 0 amide bonds. The van der Waals surface area contributed by atoms with Crippen LogP contribution in [0, 0.1) is 0 Å². The smallest absolute Gasteiger partial charge is 0.222 e. The van der Waals surface area contributed by atoms with E-state index >= 15 is 0 Å². The van der Waals surface area contributed by atoms with Gasteiger partial charge in [-0.3, -0.25) is 0 Å². The Balaban J connectivity index is 2.32. The maximum Gasteiger partial charge on any atom is 0.222 e. The fraction of sp³-hybridized carbons (Fsp3) is 0. The molecule has 3 aromatic rings. The summed E-state index contributed by atoms with van der Waals surface area (Å²) >= 11 is 5.96. The minimum Gasteiger partial charge on any atom is -0.368 e. The van der Waals surface area contributed by atoms with Crippen LogP contribution in [0.3, 0.4) is 0 Å². The van der Waals surface area contributed by atoms with Crippen molar-refractivity contribution in [3.05, 3.63) is 35.6 Å². The van der Waals surface area contributed by atoms with E-state index in [1.807, 2.05) is 18.2 Å². The van der Waals surface area contributed by atoms with Crippen molar-refractivity contribution in [2.45, 2.75) is 0 Å². The second kappa shape index (κ2) is 3.71. The second-order valence-electron chi connectivity index (χ2n) is 3.54. The molecule has 6 heteroatoms. The van der Waals surface area contributed by atoms with Crippen molar-refractivity contribution in [1.82, 2.24) is 19.9 Å². The summed E-state index contributed by atoms with van der Waals surface area (Å²) in [4.78, 5) is 15.3. The monoisotopic (exact) mass is 245 g/mol. The third kappa shape index (κ3) is 1.70. The highest BCUT2D eigenvalue weighted by Crippen LogP contribution is 2.26. The van der Waals surface area contributed by atoms with Crippen LogP contribution in [0.4, 0.5) is 5.95 Å². The van der Waals surface area contributed by atoms with Gasteiger partial charge >= 0.3 is 0 Å². The molecule has 84 valence electrons. The normalized spacial score (nSPS) is 10.9. The Hall–Kier alpha value is -2.14. The first-order valence-electron chi connectivity index (χ1n) is 4.96. The molecule has 2 aromatic heterocycles. The van der Waals surface area contributed by atoms with Gasteiger partial charge in [0.05, 0.1) is 6.33 Å². The van der Waals surface area contributed by atoms with Gasteiger partial charge in [0.2, 0.25) is 5.95 Å². The molecule has 0 bridgehead atoms. The zero-order valence-corrected chi connectivity index (χ0v) is 9.44. The van der Waals surface area contributed by atoms with E-state index in [1.165, 1.54) is 0 Å². The second-order valence-corrected chi connectivity index (χ2v) is 3.98. The molecule has 3 rings (SSSR count). The zero-order chi connectivity index (χ0) is 11.8. The number of rotatable bonds is 1. The van der Waals surface area contributed by atoms with E-state index in [4.69, 9.17) is 17.3 Å². The number of benzene rings is 1. The van der Waals surface area contributed by atoms with Crippen LogP contribution in [-0.4, -0.2) is 19.9 Å². The van der Waals surface area contributed by atoms with E-state index in [9.17, 15) is 0 Å². The molecule has 1 aromatic carbocycles. The summed E-state index contributed by atoms with van der Waals surface area (Å²) in [6, 6.07) is 7.40. The van der Waals surface area contributed by atoms with Crippen LogP contribution >= 0.6 is 11.6 Å². The Morgan fingerprint density at radius 1 is 1.24 bits per heavy atom. The molecule has 0 unspecified atom stereocenters. The van der Waals surface area contributed by atoms with E-state index in [0.29, 0.717) is 16.4 Å². The summed E-state index contributed by atoms with van der Waals surface area (Å²) in [5.74, 6) is 0.194. The number of anilines is 1. The average molecular weight is 246 g/mol. The van der Waals surface area contributed by atoms with Gasteiger partial charge in [0.1, 0.15) is 11.2 Å². The Bertz CT molecular complexity index is 691. The number of hydrogen-bond acceptors (Lipinski definition) is 4. The van der Waals surface area contributed by atoms with Crippen LogP contribution in [0.5, 0.6) is 0 Å². The highest BCUT2D eigenvalue weighted by atomic mass is 35.5. The molecule has 17 heavy (non-hydrogen) atoms. The zero-order valence-electron chi connectivity index (χ0n) is 8.68. The number of aromatic nitrogens is 4. The van der Waals surface area contributed by atoms with Gasteiger partial charge in [0, 0.05) is 10.6 Å². The van der Waals surface area contributed by atoms with Crippen LogP contribution in [0.25, 0.3) is 22.4 Å². The molecule has 0 saturated carbocycles. The lowest BCUT2D eigenvalue weighted by molar-refractivity contribution is 1.22. The summed E-state index contributed by atoms with van der Waals surface area (Å²) < 4.78 is 0. The Morgan fingerprint density at radius 2 is 2.12 bits per heavy atom. The molecule has 3 N–H and O–H groups in total. The number of hydrogen-bond donors (Lipinski definition) is 2. The van der Waals surface area contributed by atoms with Gasteiger partial charge in [-0.2, -0.15) is 4.98 Å². The van der Waals surface area contributed by atoms with Gasteiger partial charge < -0.3 is 10.7 Å². The van der Waals surface area contributed by atoms with Crippen molar-refractivity contribution in [2.75, 3.05) is 5.73 Å². The average Bonchev–Trinajstić information content (AvgIpc) is 2.75. The molecule has 0 fully saturated rings. The topological polar surface area (TPSA) is 80.5 Å². The molecule has 0 aliphatic heterocycles. The van der Waals surface area contributed by atoms with Crippen molar-refractivity contribution in [3.8, 4) is 11.3 Å². The number of nitrogens with two attached hydrogens (primary N) is 1. The number of nitrogens with zero attached hydrogens (tertiary/aromatic N) is 3. The minimum absolute atomic E-state index is 0.194. The van der Waals surface area contributed by atoms with Gasteiger partial charge in [0.15, 0.2) is 5.65 Å². The van der Waals surface area contributed by atoms with Gasteiger partial charge in [-0.1, -0.05) is 23.7 Å². The van der Waals surface area contributed by atoms with Crippen molar-refractivity contribution in [3.63, 3.8) is 0 Å². The molecule has 2 heterocycles. The summed E-state index contributed by atoms with van der Waals surface area (Å²) in [5.41, 5.74) is 8.53. The Kier molecular flexibility index (Phi) is 2.19. The lowest BCUT2D eigenvalue weighted by atomic mass is 10.1. The summed E-state index contributed by atoms with van der Waals surface area (Å²) in [6.45, 7) is 0. The molecular weight excluding hydrogens is 238 g/mol. The number of fused-ring (bicyclic) bond motifs is 1. The summed E-state index contributed by atoms with van der Waals surface area (Å²) in [6.07, 6.45) is 1.56. The van der Waals surface area contributed by atoms with Crippen molar-refractivity contribution >= 4 is 28.7 Å². The SMILES string of the molecule is Nc1nc(-c2cccc(Cl)c2)c2[nH]cnc2n1. The number of nitrogen functional groups attached to an aromatic ring is 1. The van der Waals surface area contributed by atoms with Crippen LogP contribution in [0.2, 0.25) is 5.02 Å². The van der Waals surface area contributed by atoms with Crippen molar-refractivity contribution in [1.29, 1.82) is 0 Å². The number of imidazole rings is 1. The number of aromatic amines is 1. The first-order valence-corrected chi connectivity index (χ1v) is 5.34. The predicted octanol–water partition coefficient (Wildman–Crippen LogP) is 2.26. The van der Waals surface area contributed by atoms with E-state index in [0.717, 1.165) is 11.1 Å². The third-order valence-electron chi connectivity index (χ3n) is 2.40. The predicted molar refractivity (Wildman–Crippen MR) is 66.5 cm³/mol. The van der Waals surface area contributed by atoms with Gasteiger partial charge in [-0.25, -0.2) is 9.97 Å². The van der Waals surface area contributed by atoms with Crippen LogP contribution in [-0.2, 0) is 0 Å². The molecule has 0 aliphatic rings. The fourth-order valence-corrected chi connectivity index (χ4v) is 1.89. The maximum absolute atomic E-state index is 5.96.